The summed E-state index contributed by atoms with van der Waals surface area (Å²) in [6, 6.07) is 14.8. The standard InChI is InChI=1S/C21H19FN4O2/c22-15-6-3-4-13(10-15)11-16-12-19(26-25-16)21(28)24-18-9-8-14-5-1-2-7-17(14)23-20(18)27/h1-7,10,12,18H,8-9,11H2,(H,23,27)(H,24,28)(H,25,26)/t18-/m0/s1. The summed E-state index contributed by atoms with van der Waals surface area (Å²) in [5.74, 6) is -0.951. The normalized spacial score (nSPS) is 16.0. The summed E-state index contributed by atoms with van der Waals surface area (Å²) in [7, 11) is 0. The third-order valence-corrected chi connectivity index (χ3v) is 4.75. The Hall–Kier alpha value is -3.48. The van der Waals surface area contributed by atoms with Crippen LogP contribution in [0, 0.1) is 5.82 Å². The number of nitrogens with zero attached hydrogens (tertiary/aromatic N) is 1. The fraction of sp³-hybridized carbons (Fsp3) is 0.190. The molecule has 0 fully saturated rings. The van der Waals surface area contributed by atoms with Crippen LogP contribution in [-0.2, 0) is 17.6 Å². The van der Waals surface area contributed by atoms with Crippen molar-refractivity contribution in [2.24, 2.45) is 0 Å². The molecule has 4 rings (SSSR count). The van der Waals surface area contributed by atoms with Crippen molar-refractivity contribution in [1.82, 2.24) is 15.5 Å². The molecular formula is C21H19FN4O2. The van der Waals surface area contributed by atoms with Gasteiger partial charge in [-0.1, -0.05) is 30.3 Å². The number of H-pyrrole nitrogens is 1. The van der Waals surface area contributed by atoms with Crippen LogP contribution in [0.25, 0.3) is 0 Å². The predicted molar refractivity (Wildman–Crippen MR) is 102 cm³/mol. The molecule has 0 radical (unpaired) electrons. The van der Waals surface area contributed by atoms with Crippen LogP contribution in [-0.4, -0.2) is 28.1 Å². The Kier molecular flexibility index (Phi) is 4.89. The minimum atomic E-state index is -0.630. The summed E-state index contributed by atoms with van der Waals surface area (Å²) < 4.78 is 13.3. The number of aromatic amines is 1. The van der Waals surface area contributed by atoms with E-state index in [0.717, 1.165) is 16.8 Å². The molecule has 1 atom stereocenters. The van der Waals surface area contributed by atoms with Gasteiger partial charge in [0.05, 0.1) is 5.69 Å². The molecule has 6 nitrogen and oxygen atoms in total. The molecule has 2 aromatic carbocycles. The molecule has 0 saturated heterocycles. The Morgan fingerprint density at radius 3 is 2.89 bits per heavy atom. The van der Waals surface area contributed by atoms with Gasteiger partial charge in [-0.05, 0) is 48.2 Å². The molecule has 0 saturated carbocycles. The van der Waals surface area contributed by atoms with Crippen molar-refractivity contribution in [2.45, 2.75) is 25.3 Å². The Bertz CT molecular complexity index is 1030. The van der Waals surface area contributed by atoms with Gasteiger partial charge in [0.15, 0.2) is 0 Å². The first-order chi connectivity index (χ1) is 13.6. The molecule has 0 bridgehead atoms. The number of carbonyl (C=O) groups excluding carboxylic acids is 2. The Labute approximate surface area is 161 Å². The van der Waals surface area contributed by atoms with Crippen LogP contribution in [0.2, 0.25) is 0 Å². The summed E-state index contributed by atoms with van der Waals surface area (Å²) in [6.07, 6.45) is 1.60. The molecule has 7 heteroatoms. The van der Waals surface area contributed by atoms with Gasteiger partial charge < -0.3 is 10.6 Å². The van der Waals surface area contributed by atoms with E-state index in [4.69, 9.17) is 0 Å². The highest BCUT2D eigenvalue weighted by Gasteiger charge is 2.25. The zero-order valence-electron chi connectivity index (χ0n) is 15.0. The minimum Gasteiger partial charge on any atom is -0.339 e. The number of benzene rings is 2. The van der Waals surface area contributed by atoms with Crippen LogP contribution in [0.4, 0.5) is 10.1 Å². The third kappa shape index (κ3) is 3.93. The molecule has 2 amide bonds. The number of carbonyl (C=O) groups is 2. The SMILES string of the molecule is O=C(N[C@H]1CCc2ccccc2NC1=O)c1cc(Cc2cccc(F)c2)n[nH]1. The highest BCUT2D eigenvalue weighted by atomic mass is 19.1. The monoisotopic (exact) mass is 378 g/mol. The summed E-state index contributed by atoms with van der Waals surface area (Å²) in [5.41, 5.74) is 3.48. The average Bonchev–Trinajstić information content (AvgIpc) is 3.08. The number of hydrogen-bond donors (Lipinski definition) is 3. The lowest BCUT2D eigenvalue weighted by molar-refractivity contribution is -0.118. The van der Waals surface area contributed by atoms with E-state index in [1.165, 1.54) is 12.1 Å². The molecule has 1 aliphatic rings. The van der Waals surface area contributed by atoms with E-state index in [0.29, 0.717) is 25.0 Å². The van der Waals surface area contributed by atoms with Gasteiger partial charge in [-0.25, -0.2) is 4.39 Å². The van der Waals surface area contributed by atoms with E-state index in [9.17, 15) is 14.0 Å². The Morgan fingerprint density at radius 1 is 1.18 bits per heavy atom. The van der Waals surface area contributed by atoms with Crippen LogP contribution in [0.15, 0.2) is 54.6 Å². The van der Waals surface area contributed by atoms with E-state index >= 15 is 0 Å². The average molecular weight is 378 g/mol. The Morgan fingerprint density at radius 2 is 2.04 bits per heavy atom. The zero-order valence-corrected chi connectivity index (χ0v) is 15.0. The first-order valence-electron chi connectivity index (χ1n) is 9.07. The molecule has 3 N–H and O–H groups in total. The maximum atomic E-state index is 13.3. The summed E-state index contributed by atoms with van der Waals surface area (Å²) in [4.78, 5) is 25.0. The van der Waals surface area contributed by atoms with Gasteiger partial charge in [0, 0.05) is 12.1 Å². The number of hydrogen-bond acceptors (Lipinski definition) is 3. The molecule has 142 valence electrons. The Balaban J connectivity index is 1.41. The maximum Gasteiger partial charge on any atom is 0.269 e. The van der Waals surface area contributed by atoms with Crippen molar-refractivity contribution in [2.75, 3.05) is 5.32 Å². The molecule has 0 unspecified atom stereocenters. The van der Waals surface area contributed by atoms with Gasteiger partial charge in [0.25, 0.3) is 5.91 Å². The number of nitrogens with one attached hydrogen (secondary N) is 3. The van der Waals surface area contributed by atoms with Crippen LogP contribution < -0.4 is 10.6 Å². The lowest BCUT2D eigenvalue weighted by Gasteiger charge is -2.14. The number of fused-ring (bicyclic) bond motifs is 1. The second-order valence-electron chi connectivity index (χ2n) is 6.79. The van der Waals surface area contributed by atoms with Crippen LogP contribution in [0.3, 0.4) is 0 Å². The van der Waals surface area contributed by atoms with E-state index in [2.05, 4.69) is 20.8 Å². The lowest BCUT2D eigenvalue weighted by atomic mass is 10.1. The summed E-state index contributed by atoms with van der Waals surface area (Å²) in [6.45, 7) is 0. The summed E-state index contributed by atoms with van der Waals surface area (Å²) >= 11 is 0. The van der Waals surface area contributed by atoms with Gasteiger partial charge in [0.1, 0.15) is 17.6 Å². The highest BCUT2D eigenvalue weighted by Crippen LogP contribution is 2.21. The lowest BCUT2D eigenvalue weighted by Crippen LogP contribution is -2.43. The van der Waals surface area contributed by atoms with Crippen molar-refractivity contribution in [3.05, 3.63) is 82.9 Å². The molecule has 0 spiro atoms. The van der Waals surface area contributed by atoms with Gasteiger partial charge in [-0.2, -0.15) is 5.10 Å². The van der Waals surface area contributed by atoms with Gasteiger partial charge in [-0.3, -0.25) is 14.7 Å². The zero-order chi connectivity index (χ0) is 19.5. The van der Waals surface area contributed by atoms with Crippen LogP contribution in [0.5, 0.6) is 0 Å². The van der Waals surface area contributed by atoms with Crippen molar-refractivity contribution in [3.8, 4) is 0 Å². The highest BCUT2D eigenvalue weighted by molar-refractivity contribution is 6.01. The third-order valence-electron chi connectivity index (χ3n) is 4.75. The quantitative estimate of drug-likeness (QED) is 0.652. The van der Waals surface area contributed by atoms with Crippen LogP contribution >= 0.6 is 0 Å². The number of aromatic nitrogens is 2. The number of amides is 2. The minimum absolute atomic E-state index is 0.238. The van der Waals surface area contributed by atoms with Crippen LogP contribution in [0.1, 0.15) is 33.7 Å². The number of aryl methyl sites for hydroxylation is 1. The number of anilines is 1. The molecule has 0 aliphatic carbocycles. The molecular weight excluding hydrogens is 359 g/mol. The first-order valence-corrected chi connectivity index (χ1v) is 9.07. The van der Waals surface area contributed by atoms with E-state index in [1.807, 2.05) is 24.3 Å². The molecule has 28 heavy (non-hydrogen) atoms. The molecule has 1 aliphatic heterocycles. The van der Waals surface area contributed by atoms with Crippen molar-refractivity contribution >= 4 is 17.5 Å². The largest absolute Gasteiger partial charge is 0.339 e. The topological polar surface area (TPSA) is 86.9 Å². The molecule has 3 aromatic rings. The van der Waals surface area contributed by atoms with E-state index < -0.39 is 11.9 Å². The van der Waals surface area contributed by atoms with Crippen molar-refractivity contribution in [1.29, 1.82) is 0 Å². The van der Waals surface area contributed by atoms with Crippen molar-refractivity contribution in [3.63, 3.8) is 0 Å². The number of para-hydroxylation sites is 1. The van der Waals surface area contributed by atoms with Gasteiger partial charge >= 0.3 is 0 Å². The van der Waals surface area contributed by atoms with E-state index in [1.54, 1.807) is 18.2 Å². The fourth-order valence-corrected chi connectivity index (χ4v) is 3.31. The fourth-order valence-electron chi connectivity index (χ4n) is 3.31. The van der Waals surface area contributed by atoms with Crippen molar-refractivity contribution < 1.29 is 14.0 Å². The number of rotatable bonds is 4. The first kappa shape index (κ1) is 17.9. The van der Waals surface area contributed by atoms with Gasteiger partial charge in [0.2, 0.25) is 5.91 Å². The molecule has 2 heterocycles. The second-order valence-corrected chi connectivity index (χ2v) is 6.79. The maximum absolute atomic E-state index is 13.3. The summed E-state index contributed by atoms with van der Waals surface area (Å²) in [5, 5.41) is 12.4. The smallest absolute Gasteiger partial charge is 0.269 e. The second kappa shape index (κ2) is 7.64. The van der Waals surface area contributed by atoms with Gasteiger partial charge in [-0.15, -0.1) is 0 Å². The van der Waals surface area contributed by atoms with E-state index in [-0.39, 0.29) is 17.4 Å². The predicted octanol–water partition coefficient (Wildman–Crippen LogP) is 2.82. The molecule has 1 aromatic heterocycles. The number of halogens is 1.